The highest BCUT2D eigenvalue weighted by Gasteiger charge is 2.43. The summed E-state index contributed by atoms with van der Waals surface area (Å²) in [6.45, 7) is -0.0989. The molecule has 0 aromatic carbocycles. The average Bonchev–Trinajstić information content (AvgIpc) is 2.34. The number of rotatable bonds is 8. The SMILES string of the molecule is O=C(O)CC1COC(CC(=O)O)C(CC(=O)O)C1CC(=O)O. The summed E-state index contributed by atoms with van der Waals surface area (Å²) >= 11 is 0. The van der Waals surface area contributed by atoms with Crippen molar-refractivity contribution in [1.82, 2.24) is 0 Å². The molecule has 0 aliphatic carbocycles. The molecule has 1 fully saturated rings. The van der Waals surface area contributed by atoms with Crippen LogP contribution in [0, 0.1) is 17.8 Å². The summed E-state index contributed by atoms with van der Waals surface area (Å²) < 4.78 is 5.33. The highest BCUT2D eigenvalue weighted by atomic mass is 16.5. The molecule has 0 amide bonds. The molecule has 9 nitrogen and oxygen atoms in total. The zero-order chi connectivity index (χ0) is 16.9. The van der Waals surface area contributed by atoms with Crippen LogP contribution in [0.5, 0.6) is 0 Å². The molecule has 1 heterocycles. The summed E-state index contributed by atoms with van der Waals surface area (Å²) in [5, 5.41) is 35.7. The molecule has 0 radical (unpaired) electrons. The second kappa shape index (κ2) is 7.74. The van der Waals surface area contributed by atoms with Crippen molar-refractivity contribution in [2.75, 3.05) is 6.61 Å². The van der Waals surface area contributed by atoms with Crippen LogP contribution in [-0.2, 0) is 23.9 Å². The Labute approximate surface area is 125 Å². The first-order valence-electron chi connectivity index (χ1n) is 6.69. The Bertz CT molecular complexity index is 416. The standard InChI is InChI=1S/C13H18O9/c14-10(15)1-6-5-22-9(4-13(20)21)8(3-12(18)19)7(6)2-11(16)17/h6-9H,1-5H2,(H,14,15)(H,16,17)(H,18,19)(H,20,21). The molecule has 22 heavy (non-hydrogen) atoms. The van der Waals surface area contributed by atoms with Crippen LogP contribution >= 0.6 is 0 Å². The summed E-state index contributed by atoms with van der Waals surface area (Å²) in [7, 11) is 0. The monoisotopic (exact) mass is 318 g/mol. The quantitative estimate of drug-likeness (QED) is 0.488. The van der Waals surface area contributed by atoms with Crippen LogP contribution < -0.4 is 0 Å². The smallest absolute Gasteiger partial charge is 0.305 e. The van der Waals surface area contributed by atoms with E-state index in [9.17, 15) is 19.2 Å². The first-order valence-corrected chi connectivity index (χ1v) is 6.69. The van der Waals surface area contributed by atoms with Crippen molar-refractivity contribution in [1.29, 1.82) is 0 Å². The van der Waals surface area contributed by atoms with E-state index in [2.05, 4.69) is 0 Å². The van der Waals surface area contributed by atoms with E-state index in [4.69, 9.17) is 25.2 Å². The number of aliphatic carboxylic acids is 4. The highest BCUT2D eigenvalue weighted by Crippen LogP contribution is 2.39. The molecule has 0 aromatic heterocycles. The van der Waals surface area contributed by atoms with E-state index in [1.807, 2.05) is 0 Å². The number of hydrogen-bond donors (Lipinski definition) is 4. The van der Waals surface area contributed by atoms with Gasteiger partial charge in [-0.25, -0.2) is 0 Å². The van der Waals surface area contributed by atoms with Crippen molar-refractivity contribution in [3.63, 3.8) is 0 Å². The first kappa shape index (κ1) is 17.9. The van der Waals surface area contributed by atoms with E-state index in [1.54, 1.807) is 0 Å². The summed E-state index contributed by atoms with van der Waals surface area (Å²) in [6.07, 6.45) is -2.63. The van der Waals surface area contributed by atoms with Crippen molar-refractivity contribution >= 4 is 23.9 Å². The third kappa shape index (κ3) is 5.32. The molecule has 4 unspecified atom stereocenters. The maximum Gasteiger partial charge on any atom is 0.305 e. The molecule has 1 rings (SSSR count). The van der Waals surface area contributed by atoms with Gasteiger partial charge >= 0.3 is 23.9 Å². The largest absolute Gasteiger partial charge is 0.481 e. The topological polar surface area (TPSA) is 158 Å². The Morgan fingerprint density at radius 3 is 1.64 bits per heavy atom. The maximum absolute atomic E-state index is 11.0. The lowest BCUT2D eigenvalue weighted by atomic mass is 9.71. The molecule has 1 aliphatic rings. The highest BCUT2D eigenvalue weighted by molar-refractivity contribution is 5.71. The van der Waals surface area contributed by atoms with Crippen molar-refractivity contribution in [3.05, 3.63) is 0 Å². The van der Waals surface area contributed by atoms with E-state index in [0.717, 1.165) is 0 Å². The Morgan fingerprint density at radius 2 is 1.18 bits per heavy atom. The minimum Gasteiger partial charge on any atom is -0.481 e. The van der Waals surface area contributed by atoms with Gasteiger partial charge in [-0.2, -0.15) is 0 Å². The zero-order valence-electron chi connectivity index (χ0n) is 11.7. The van der Waals surface area contributed by atoms with Crippen molar-refractivity contribution in [2.45, 2.75) is 31.8 Å². The third-order valence-corrected chi connectivity index (χ3v) is 3.79. The fourth-order valence-corrected chi connectivity index (χ4v) is 2.94. The van der Waals surface area contributed by atoms with Gasteiger partial charge < -0.3 is 25.2 Å². The second-order valence-electron chi connectivity index (χ2n) is 5.35. The Hall–Kier alpha value is -2.16. The van der Waals surface area contributed by atoms with Gasteiger partial charge in [0.25, 0.3) is 0 Å². The van der Waals surface area contributed by atoms with Gasteiger partial charge in [-0.3, -0.25) is 19.2 Å². The minimum absolute atomic E-state index is 0.0989. The van der Waals surface area contributed by atoms with Gasteiger partial charge in [-0.15, -0.1) is 0 Å². The van der Waals surface area contributed by atoms with Crippen LogP contribution in [0.3, 0.4) is 0 Å². The summed E-state index contributed by atoms with van der Waals surface area (Å²) in [4.78, 5) is 43.7. The van der Waals surface area contributed by atoms with E-state index in [1.165, 1.54) is 0 Å². The normalized spacial score (nSPS) is 28.0. The molecule has 0 bridgehead atoms. The van der Waals surface area contributed by atoms with Gasteiger partial charge in [-0.05, 0) is 17.8 Å². The van der Waals surface area contributed by atoms with Gasteiger partial charge in [0.15, 0.2) is 0 Å². The fourth-order valence-electron chi connectivity index (χ4n) is 2.94. The predicted molar refractivity (Wildman–Crippen MR) is 69.2 cm³/mol. The second-order valence-corrected chi connectivity index (χ2v) is 5.35. The third-order valence-electron chi connectivity index (χ3n) is 3.79. The van der Waals surface area contributed by atoms with Crippen LogP contribution in [0.1, 0.15) is 25.7 Å². The maximum atomic E-state index is 11.0. The number of carboxylic acids is 4. The lowest BCUT2D eigenvalue weighted by molar-refractivity contribution is -0.162. The van der Waals surface area contributed by atoms with E-state index < -0.39 is 67.0 Å². The average molecular weight is 318 g/mol. The van der Waals surface area contributed by atoms with Crippen molar-refractivity contribution < 1.29 is 44.3 Å². The van der Waals surface area contributed by atoms with Gasteiger partial charge in [-0.1, -0.05) is 0 Å². The Balaban J connectivity index is 3.03. The van der Waals surface area contributed by atoms with Gasteiger partial charge in [0, 0.05) is 6.42 Å². The Kier molecular flexibility index (Phi) is 6.29. The minimum atomic E-state index is -1.21. The number of carboxylic acid groups (broad SMARTS) is 4. The molecular formula is C13H18O9. The van der Waals surface area contributed by atoms with E-state index in [-0.39, 0.29) is 13.0 Å². The number of hydrogen-bond acceptors (Lipinski definition) is 5. The van der Waals surface area contributed by atoms with Crippen LogP contribution in [0.2, 0.25) is 0 Å². The molecule has 9 heteroatoms. The number of ether oxygens (including phenoxy) is 1. The van der Waals surface area contributed by atoms with Crippen LogP contribution in [0.25, 0.3) is 0 Å². The Morgan fingerprint density at radius 1 is 0.727 bits per heavy atom. The van der Waals surface area contributed by atoms with Crippen LogP contribution in [0.15, 0.2) is 0 Å². The van der Waals surface area contributed by atoms with E-state index in [0.29, 0.717) is 0 Å². The van der Waals surface area contributed by atoms with Gasteiger partial charge in [0.2, 0.25) is 0 Å². The van der Waals surface area contributed by atoms with Gasteiger partial charge in [0.1, 0.15) is 0 Å². The van der Waals surface area contributed by atoms with Crippen molar-refractivity contribution in [3.8, 4) is 0 Å². The molecule has 0 saturated carbocycles. The molecule has 0 spiro atoms. The molecule has 4 atom stereocenters. The molecule has 1 aliphatic heterocycles. The molecular weight excluding hydrogens is 300 g/mol. The predicted octanol–water partition coefficient (Wildman–Crippen LogP) is 0.133. The first-order chi connectivity index (χ1) is 10.2. The summed E-state index contributed by atoms with van der Waals surface area (Å²) in [6, 6.07) is 0. The lowest BCUT2D eigenvalue weighted by Gasteiger charge is -2.41. The van der Waals surface area contributed by atoms with Crippen molar-refractivity contribution in [2.24, 2.45) is 17.8 Å². The van der Waals surface area contributed by atoms with E-state index >= 15 is 0 Å². The summed E-state index contributed by atoms with van der Waals surface area (Å²) in [5.74, 6) is -7.02. The zero-order valence-corrected chi connectivity index (χ0v) is 11.7. The molecule has 124 valence electrons. The van der Waals surface area contributed by atoms with Crippen LogP contribution in [0.4, 0.5) is 0 Å². The fraction of sp³-hybridized carbons (Fsp3) is 0.692. The van der Waals surface area contributed by atoms with Gasteiger partial charge in [0.05, 0.1) is 32.0 Å². The number of carbonyl (C=O) groups is 4. The lowest BCUT2D eigenvalue weighted by Crippen LogP contribution is -2.45. The van der Waals surface area contributed by atoms with Crippen LogP contribution in [-0.4, -0.2) is 57.0 Å². The molecule has 0 aromatic rings. The molecule has 4 N–H and O–H groups in total. The molecule has 1 saturated heterocycles. The summed E-state index contributed by atoms with van der Waals surface area (Å²) in [5.41, 5.74) is 0.